The molecule has 0 aliphatic heterocycles. The van der Waals surface area contributed by atoms with Gasteiger partial charge < -0.3 is 18.6 Å². The Morgan fingerprint density at radius 1 is 0.273 bits per heavy atom. The van der Waals surface area contributed by atoms with E-state index in [1.807, 2.05) is 0 Å². The number of nitrogens with zero attached hydrogens (tertiary/aromatic N) is 4. The lowest BCUT2D eigenvalue weighted by Crippen LogP contribution is -2.17. The van der Waals surface area contributed by atoms with Crippen molar-refractivity contribution in [2.75, 3.05) is 4.90 Å². The molecule has 12 aromatic carbocycles. The third-order valence-corrected chi connectivity index (χ3v) is 16.8. The summed E-state index contributed by atoms with van der Waals surface area (Å²) in [7, 11) is 0. The molecule has 0 N–H and O–H groups in total. The van der Waals surface area contributed by atoms with Crippen LogP contribution < -0.4 is 4.90 Å². The van der Waals surface area contributed by atoms with Crippen molar-refractivity contribution in [2.45, 2.75) is 19.3 Å². The molecule has 1 aliphatic rings. The molecule has 3 heterocycles. The minimum atomic E-state index is -0.283. The summed E-state index contributed by atoms with van der Waals surface area (Å²) < 4.78 is 7.25. The maximum Gasteiger partial charge on any atom is 0.0547 e. The van der Waals surface area contributed by atoms with Gasteiger partial charge in [0.05, 0.1) is 38.8 Å². The molecule has 16 rings (SSSR count). The Morgan fingerprint density at radius 3 is 1.25 bits per heavy atom. The van der Waals surface area contributed by atoms with E-state index in [9.17, 15) is 0 Å². The van der Waals surface area contributed by atoms with E-state index >= 15 is 0 Å². The first-order valence-corrected chi connectivity index (χ1v) is 26.8. The molecular formula is C73H50N4. The van der Waals surface area contributed by atoms with Crippen LogP contribution in [-0.2, 0) is 5.41 Å². The summed E-state index contributed by atoms with van der Waals surface area (Å²) in [5.74, 6) is 0. The van der Waals surface area contributed by atoms with Crippen molar-refractivity contribution in [1.29, 1.82) is 0 Å². The molecule has 0 radical (unpaired) electrons. The predicted molar refractivity (Wildman–Crippen MR) is 325 cm³/mol. The topological polar surface area (TPSA) is 18.0 Å². The van der Waals surface area contributed by atoms with Gasteiger partial charge in [-0.1, -0.05) is 178 Å². The first-order chi connectivity index (χ1) is 38.0. The summed E-state index contributed by atoms with van der Waals surface area (Å²) in [5, 5.41) is 9.93. The molecule has 0 saturated heterocycles. The molecule has 0 bridgehead atoms. The molecule has 3 aromatic heterocycles. The zero-order valence-electron chi connectivity index (χ0n) is 42.7. The summed E-state index contributed by atoms with van der Waals surface area (Å²) in [6.45, 7) is 4.81. The van der Waals surface area contributed by atoms with Gasteiger partial charge in [0.1, 0.15) is 0 Å². The Morgan fingerprint density at radius 2 is 0.675 bits per heavy atom. The van der Waals surface area contributed by atoms with Crippen molar-refractivity contribution in [1.82, 2.24) is 13.7 Å². The minimum absolute atomic E-state index is 0.283. The SMILES string of the molecule is CC1(C)c2cc(N(c3ccc(-n4c5ccccc5c5ccccc54)cc3)c3ccc(-c4ccc5c6ccccc6n(-c6ccccc6)c5c4)c4ccccc34)ccc2-c2ccc(-n3c4ccccc4c4ccccc43)cc21. The van der Waals surface area contributed by atoms with Gasteiger partial charge >= 0.3 is 0 Å². The van der Waals surface area contributed by atoms with Crippen molar-refractivity contribution in [3.8, 4) is 39.3 Å². The van der Waals surface area contributed by atoms with E-state index in [1.54, 1.807) is 0 Å². The molecule has 0 saturated carbocycles. The largest absolute Gasteiger partial charge is 0.310 e. The Hall–Kier alpha value is -9.90. The maximum atomic E-state index is 2.49. The molecule has 0 spiro atoms. The lowest BCUT2D eigenvalue weighted by Gasteiger charge is -2.29. The second-order valence-electron chi connectivity index (χ2n) is 21.3. The fourth-order valence-electron chi connectivity index (χ4n) is 13.3. The van der Waals surface area contributed by atoms with Crippen LogP contribution in [0.4, 0.5) is 17.1 Å². The summed E-state index contributed by atoms with van der Waals surface area (Å²) in [5.41, 5.74) is 21.3. The van der Waals surface area contributed by atoms with Gasteiger partial charge in [0.15, 0.2) is 0 Å². The van der Waals surface area contributed by atoms with Gasteiger partial charge in [-0.15, -0.1) is 0 Å². The molecule has 362 valence electrons. The van der Waals surface area contributed by atoms with Crippen molar-refractivity contribution < 1.29 is 0 Å². The number of fused-ring (bicyclic) bond motifs is 13. The molecule has 4 heteroatoms. The van der Waals surface area contributed by atoms with E-state index in [0.29, 0.717) is 0 Å². The number of hydrogen-bond acceptors (Lipinski definition) is 1. The molecule has 15 aromatic rings. The third kappa shape index (κ3) is 6.39. The van der Waals surface area contributed by atoms with Gasteiger partial charge in [-0.2, -0.15) is 0 Å². The molecule has 77 heavy (non-hydrogen) atoms. The van der Waals surface area contributed by atoms with Crippen LogP contribution in [0.15, 0.2) is 267 Å². The van der Waals surface area contributed by atoms with Gasteiger partial charge in [0, 0.05) is 71.6 Å². The van der Waals surface area contributed by atoms with Crippen LogP contribution >= 0.6 is 0 Å². The second-order valence-corrected chi connectivity index (χ2v) is 21.3. The van der Waals surface area contributed by atoms with Crippen LogP contribution in [0, 0.1) is 0 Å². The van der Waals surface area contributed by atoms with Gasteiger partial charge in [0.25, 0.3) is 0 Å². The minimum Gasteiger partial charge on any atom is -0.310 e. The monoisotopic (exact) mass is 982 g/mol. The normalized spacial score (nSPS) is 12.9. The Kier molecular flexibility index (Phi) is 9.35. The number of benzene rings is 12. The van der Waals surface area contributed by atoms with Crippen LogP contribution in [0.1, 0.15) is 25.0 Å². The van der Waals surface area contributed by atoms with Crippen molar-refractivity contribution in [3.05, 3.63) is 278 Å². The van der Waals surface area contributed by atoms with Gasteiger partial charge in [-0.25, -0.2) is 0 Å². The fraction of sp³-hybridized carbons (Fsp3) is 0.0411. The zero-order valence-corrected chi connectivity index (χ0v) is 42.7. The quantitative estimate of drug-likeness (QED) is 0.156. The molecule has 0 amide bonds. The second kappa shape index (κ2) is 16.6. The van der Waals surface area contributed by atoms with Gasteiger partial charge in [-0.05, 0) is 142 Å². The van der Waals surface area contributed by atoms with E-state index < -0.39 is 0 Å². The molecule has 4 nitrogen and oxygen atoms in total. The lowest BCUT2D eigenvalue weighted by molar-refractivity contribution is 0.660. The highest BCUT2D eigenvalue weighted by atomic mass is 15.1. The highest BCUT2D eigenvalue weighted by Crippen LogP contribution is 2.53. The third-order valence-electron chi connectivity index (χ3n) is 16.8. The van der Waals surface area contributed by atoms with Crippen LogP contribution in [0.3, 0.4) is 0 Å². The summed E-state index contributed by atoms with van der Waals surface area (Å²) >= 11 is 0. The number of rotatable bonds is 7. The summed E-state index contributed by atoms with van der Waals surface area (Å²) in [6, 6.07) is 98.8. The first kappa shape index (κ1) is 43.5. The van der Waals surface area contributed by atoms with Crippen LogP contribution in [-0.4, -0.2) is 13.7 Å². The van der Waals surface area contributed by atoms with Crippen molar-refractivity contribution in [2.24, 2.45) is 0 Å². The van der Waals surface area contributed by atoms with Crippen LogP contribution in [0.25, 0.3) is 116 Å². The standard InChI is InChI=1S/C73H50N4/c1-73(2)64-45-51(37-40-55(64)56-41-38-52(46-65(56)73)77-69-30-16-10-24-60(69)61-25-11-17-31-70(61)77)74(49-33-35-50(36-34-49)75-66-27-13-8-22-58(66)59-23-9-14-28-67(59)75)71-43-42-53(54-20-6-7-21-57(54)71)47-32-39-63-62-26-12-15-29-68(62)76(72(63)44-47)48-18-4-3-5-19-48/h3-46H,1-2H3. The number of para-hydroxylation sites is 6. The highest BCUT2D eigenvalue weighted by molar-refractivity contribution is 6.13. The Labute approximate surface area is 446 Å². The van der Waals surface area contributed by atoms with E-state index in [4.69, 9.17) is 0 Å². The zero-order chi connectivity index (χ0) is 50.9. The molecule has 0 atom stereocenters. The molecule has 1 aliphatic carbocycles. The average Bonchev–Trinajstić information content (AvgIpc) is 4.21. The summed E-state index contributed by atoms with van der Waals surface area (Å²) in [4.78, 5) is 2.49. The van der Waals surface area contributed by atoms with Crippen molar-refractivity contribution >= 4 is 93.3 Å². The Balaban J connectivity index is 0.867. The highest BCUT2D eigenvalue weighted by Gasteiger charge is 2.37. The van der Waals surface area contributed by atoms with Gasteiger partial charge in [0.2, 0.25) is 0 Å². The number of aromatic nitrogens is 3. The first-order valence-electron chi connectivity index (χ1n) is 26.8. The average molecular weight is 983 g/mol. The van der Waals surface area contributed by atoms with E-state index in [0.717, 1.165) is 28.4 Å². The molecule has 0 fully saturated rings. The fourth-order valence-corrected chi connectivity index (χ4v) is 13.3. The smallest absolute Gasteiger partial charge is 0.0547 e. The van der Waals surface area contributed by atoms with E-state index in [-0.39, 0.29) is 5.41 Å². The number of anilines is 3. The Bertz CT molecular complexity index is 4790. The molecule has 0 unspecified atom stereocenters. The van der Waals surface area contributed by atoms with Gasteiger partial charge in [-0.3, -0.25) is 0 Å². The van der Waals surface area contributed by atoms with Crippen LogP contribution in [0.5, 0.6) is 0 Å². The summed E-state index contributed by atoms with van der Waals surface area (Å²) in [6.07, 6.45) is 0. The molecular weight excluding hydrogens is 933 g/mol. The van der Waals surface area contributed by atoms with E-state index in [2.05, 4.69) is 299 Å². The lowest BCUT2D eigenvalue weighted by atomic mass is 9.82. The predicted octanol–water partition coefficient (Wildman–Crippen LogP) is 19.6. The number of hydrogen-bond donors (Lipinski definition) is 0. The van der Waals surface area contributed by atoms with Crippen molar-refractivity contribution in [3.63, 3.8) is 0 Å². The van der Waals surface area contributed by atoms with Crippen LogP contribution in [0.2, 0.25) is 0 Å². The van der Waals surface area contributed by atoms with E-state index in [1.165, 1.54) is 115 Å². The maximum absolute atomic E-state index is 2.49.